The molecule has 0 bridgehead atoms. The fraction of sp³-hybridized carbons (Fsp3) is 0.615. The second-order valence-corrected chi connectivity index (χ2v) is 8.86. The first-order valence-electron chi connectivity index (χ1n) is 11.8. The van der Waals surface area contributed by atoms with Crippen LogP contribution in [0.3, 0.4) is 0 Å². The van der Waals surface area contributed by atoms with Gasteiger partial charge in [-0.15, -0.1) is 0 Å². The van der Waals surface area contributed by atoms with Gasteiger partial charge in [0.25, 0.3) is 11.1 Å². The van der Waals surface area contributed by atoms with E-state index in [4.69, 9.17) is 0 Å². The lowest BCUT2D eigenvalue weighted by molar-refractivity contribution is -0.124. The van der Waals surface area contributed by atoms with E-state index >= 15 is 0 Å². The van der Waals surface area contributed by atoms with Crippen LogP contribution in [0.2, 0.25) is 0 Å². The Morgan fingerprint density at radius 2 is 1.71 bits per heavy atom. The van der Waals surface area contributed by atoms with Crippen molar-refractivity contribution in [2.45, 2.75) is 92.7 Å². The zero-order valence-corrected chi connectivity index (χ0v) is 21.8. The number of thioether (sulfide) groups is 1. The Bertz CT molecular complexity index is 671. The van der Waals surface area contributed by atoms with E-state index in [0.29, 0.717) is 4.91 Å². The van der Waals surface area contributed by atoms with Crippen LogP contribution in [0.15, 0.2) is 47.4 Å². The van der Waals surface area contributed by atoms with Crippen LogP contribution >= 0.6 is 11.8 Å². The molecule has 0 N–H and O–H groups in total. The summed E-state index contributed by atoms with van der Waals surface area (Å²) in [4.78, 5) is 29.9. The van der Waals surface area contributed by atoms with Gasteiger partial charge in [-0.3, -0.25) is 19.4 Å². The van der Waals surface area contributed by atoms with Crippen molar-refractivity contribution in [1.82, 2.24) is 9.80 Å². The first-order chi connectivity index (χ1) is 14.8. The van der Waals surface area contributed by atoms with Crippen LogP contribution < -0.4 is 0 Å². The smallest absolute Gasteiger partial charge is 0.293 e. The maximum absolute atomic E-state index is 12.9. The quantitative estimate of drug-likeness (QED) is 0.301. The van der Waals surface area contributed by atoms with Gasteiger partial charge >= 0.3 is 0 Å². The normalized spacial score (nSPS) is 20.3. The number of rotatable bonds is 7. The first kappa shape index (κ1) is 29.4. The highest BCUT2D eigenvalue weighted by molar-refractivity contribution is 8.18. The van der Waals surface area contributed by atoms with Crippen molar-refractivity contribution in [3.63, 3.8) is 0 Å². The van der Waals surface area contributed by atoms with E-state index in [0.717, 1.165) is 36.8 Å². The van der Waals surface area contributed by atoms with Crippen molar-refractivity contribution in [2.24, 2.45) is 0 Å². The van der Waals surface area contributed by atoms with E-state index in [2.05, 4.69) is 25.3 Å². The third kappa shape index (κ3) is 8.82. The number of carbonyl (C=O) groups is 2. The zero-order chi connectivity index (χ0) is 24.0. The molecule has 2 amide bonds. The molecule has 2 aliphatic rings. The van der Waals surface area contributed by atoms with Gasteiger partial charge in [0.05, 0.1) is 4.91 Å². The van der Waals surface area contributed by atoms with Gasteiger partial charge in [-0.25, -0.2) is 0 Å². The summed E-state index contributed by atoms with van der Waals surface area (Å²) in [6.45, 7) is 22.2. The van der Waals surface area contributed by atoms with Gasteiger partial charge in [0.1, 0.15) is 0 Å². The highest BCUT2D eigenvalue weighted by Crippen LogP contribution is 2.36. The number of allylic oxidation sites excluding steroid dienone is 6. The van der Waals surface area contributed by atoms with Crippen LogP contribution in [0.5, 0.6) is 0 Å². The van der Waals surface area contributed by atoms with Gasteiger partial charge in [-0.05, 0) is 83.5 Å². The highest BCUT2D eigenvalue weighted by Gasteiger charge is 2.41. The molecule has 0 aromatic carbocycles. The van der Waals surface area contributed by atoms with Crippen LogP contribution in [0.4, 0.5) is 4.79 Å². The van der Waals surface area contributed by atoms with Gasteiger partial charge in [-0.2, -0.15) is 0 Å². The summed E-state index contributed by atoms with van der Waals surface area (Å²) < 4.78 is 0. The van der Waals surface area contributed by atoms with Gasteiger partial charge in [-0.1, -0.05) is 65.0 Å². The van der Waals surface area contributed by atoms with E-state index in [1.807, 2.05) is 59.8 Å². The summed E-state index contributed by atoms with van der Waals surface area (Å²) in [6.07, 6.45) is 13.6. The van der Waals surface area contributed by atoms with Crippen molar-refractivity contribution in [3.05, 3.63) is 47.4 Å². The van der Waals surface area contributed by atoms with E-state index in [9.17, 15) is 9.59 Å². The summed E-state index contributed by atoms with van der Waals surface area (Å²) in [5.41, 5.74) is 0.829. The molecule has 2 aliphatic heterocycles. The number of hydrogen-bond acceptors (Lipinski definition) is 4. The molecule has 1 unspecified atom stereocenters. The molecule has 0 saturated carbocycles. The molecule has 176 valence electrons. The molecule has 0 radical (unpaired) electrons. The Morgan fingerprint density at radius 1 is 1.13 bits per heavy atom. The third-order valence-electron chi connectivity index (χ3n) is 5.24. The Labute approximate surface area is 195 Å². The van der Waals surface area contributed by atoms with Crippen molar-refractivity contribution in [1.29, 1.82) is 0 Å². The maximum atomic E-state index is 12.9. The van der Waals surface area contributed by atoms with Crippen molar-refractivity contribution < 1.29 is 9.59 Å². The third-order valence-corrected chi connectivity index (χ3v) is 6.12. The van der Waals surface area contributed by atoms with Crippen LogP contribution in [0.25, 0.3) is 0 Å². The summed E-state index contributed by atoms with van der Waals surface area (Å²) in [5.74, 6) is -0.189. The molecule has 0 spiro atoms. The molecule has 0 aromatic heterocycles. The average Bonchev–Trinajstić information content (AvgIpc) is 3.04. The standard InChI is InChI=1S/C22H32N2O2S.2C2H6/c1-6-11-18(12-7-2)15-19-20(25)24(21(26)27-19)17(3)16-22(4,5)23-13-9-8-10-14-23;2*1-2/h6-7,11-12,15,17H,1,8-10,13-14,16H2,2-5H3;2*1-2H3/b12-7-,18-11+,19-15+;;. The number of amides is 2. The molecule has 31 heavy (non-hydrogen) atoms. The fourth-order valence-corrected chi connectivity index (χ4v) is 4.86. The minimum atomic E-state index is -0.189. The number of carbonyl (C=O) groups excluding carboxylic acids is 2. The topological polar surface area (TPSA) is 40.6 Å². The van der Waals surface area contributed by atoms with Crippen LogP contribution in [-0.4, -0.2) is 45.6 Å². The van der Waals surface area contributed by atoms with Crippen LogP contribution in [0.1, 0.15) is 81.1 Å². The molecular formula is C26H44N2O2S. The lowest BCUT2D eigenvalue weighted by atomic mass is 9.91. The van der Waals surface area contributed by atoms with Crippen molar-refractivity contribution in [3.8, 4) is 0 Å². The van der Waals surface area contributed by atoms with Gasteiger partial charge < -0.3 is 0 Å². The van der Waals surface area contributed by atoms with Crippen molar-refractivity contribution in [2.75, 3.05) is 13.1 Å². The number of hydrogen-bond donors (Lipinski definition) is 0. The minimum Gasteiger partial charge on any atom is -0.298 e. The summed E-state index contributed by atoms with van der Waals surface area (Å²) in [7, 11) is 0. The average molecular weight is 449 g/mol. The van der Waals surface area contributed by atoms with E-state index < -0.39 is 0 Å². The van der Waals surface area contributed by atoms with Crippen LogP contribution in [0, 0.1) is 0 Å². The Morgan fingerprint density at radius 3 is 2.23 bits per heavy atom. The highest BCUT2D eigenvalue weighted by atomic mass is 32.2. The zero-order valence-electron chi connectivity index (χ0n) is 21.0. The van der Waals surface area contributed by atoms with E-state index in [1.54, 1.807) is 12.2 Å². The number of imide groups is 1. The first-order valence-corrected chi connectivity index (χ1v) is 12.6. The fourth-order valence-electron chi connectivity index (χ4n) is 3.93. The number of piperidine rings is 1. The SMILES string of the molecule is C=C/C=C(\C=C/C)/C=C1/SC(=O)N(C(C)CC(C)(C)N2CCCCC2)C1=O.CC.CC. The lowest BCUT2D eigenvalue weighted by Gasteiger charge is -2.43. The second kappa shape index (κ2) is 15.3. The Hall–Kier alpha value is -1.59. The molecule has 0 aliphatic carbocycles. The second-order valence-electron chi connectivity index (χ2n) is 7.87. The van der Waals surface area contributed by atoms with E-state index in [-0.39, 0.29) is 22.7 Å². The van der Waals surface area contributed by atoms with E-state index in [1.165, 1.54) is 24.2 Å². The largest absolute Gasteiger partial charge is 0.298 e. The van der Waals surface area contributed by atoms with Gasteiger partial charge in [0.15, 0.2) is 0 Å². The summed E-state index contributed by atoms with van der Waals surface area (Å²) >= 11 is 1.03. The molecule has 2 fully saturated rings. The lowest BCUT2D eigenvalue weighted by Crippen LogP contribution is -2.51. The maximum Gasteiger partial charge on any atom is 0.293 e. The Kier molecular flexibility index (Phi) is 14.5. The Balaban J connectivity index is 0.00000212. The molecule has 2 saturated heterocycles. The summed E-state index contributed by atoms with van der Waals surface area (Å²) in [6, 6.07) is -0.131. The van der Waals surface area contributed by atoms with Gasteiger partial charge in [0, 0.05) is 11.6 Å². The molecular weight excluding hydrogens is 404 g/mol. The minimum absolute atomic E-state index is 0.0314. The monoisotopic (exact) mass is 448 g/mol. The molecule has 5 heteroatoms. The van der Waals surface area contributed by atoms with Crippen LogP contribution in [-0.2, 0) is 4.79 Å². The van der Waals surface area contributed by atoms with Crippen molar-refractivity contribution >= 4 is 22.9 Å². The predicted molar refractivity (Wildman–Crippen MR) is 137 cm³/mol. The predicted octanol–water partition coefficient (Wildman–Crippen LogP) is 7.35. The molecule has 0 aromatic rings. The molecule has 1 atom stereocenters. The molecule has 2 heterocycles. The number of nitrogens with zero attached hydrogens (tertiary/aromatic N) is 2. The van der Waals surface area contributed by atoms with Gasteiger partial charge in [0.2, 0.25) is 0 Å². The molecule has 2 rings (SSSR count). The number of likely N-dealkylation sites (tertiary alicyclic amines) is 1. The molecule has 4 nitrogen and oxygen atoms in total. The summed E-state index contributed by atoms with van der Waals surface area (Å²) in [5, 5.41) is -0.174.